The number of halogens is 1. The van der Waals surface area contributed by atoms with Gasteiger partial charge in [0.1, 0.15) is 12.4 Å². The van der Waals surface area contributed by atoms with Crippen LogP contribution >= 0.6 is 23.4 Å². The largest absolute Gasteiger partial charge is 0.486 e. The van der Waals surface area contributed by atoms with Crippen molar-refractivity contribution in [2.24, 2.45) is 0 Å². The van der Waals surface area contributed by atoms with Gasteiger partial charge in [0.05, 0.1) is 5.75 Å². The van der Waals surface area contributed by atoms with Crippen LogP contribution < -0.4 is 10.1 Å². The van der Waals surface area contributed by atoms with Crippen molar-refractivity contribution >= 4 is 29.3 Å². The molecule has 0 saturated carbocycles. The molecule has 1 amide bonds. The number of nitrogens with zero attached hydrogens (tertiary/aromatic N) is 3. The van der Waals surface area contributed by atoms with Gasteiger partial charge in [-0.1, -0.05) is 71.9 Å². The average molecular weight is 465 g/mol. The lowest BCUT2D eigenvalue weighted by molar-refractivity contribution is -0.118. The van der Waals surface area contributed by atoms with Crippen LogP contribution in [0.5, 0.6) is 5.75 Å². The van der Waals surface area contributed by atoms with Gasteiger partial charge in [-0.25, -0.2) is 0 Å². The van der Waals surface area contributed by atoms with Crippen molar-refractivity contribution in [3.8, 4) is 11.4 Å². The van der Waals surface area contributed by atoms with Gasteiger partial charge in [-0.05, 0) is 42.0 Å². The Balaban J connectivity index is 1.44. The highest BCUT2D eigenvalue weighted by molar-refractivity contribution is 7.99. The van der Waals surface area contributed by atoms with Crippen LogP contribution in [0.2, 0.25) is 5.02 Å². The molecule has 0 fully saturated rings. The Kier molecular flexibility index (Phi) is 7.42. The van der Waals surface area contributed by atoms with E-state index in [0.717, 1.165) is 11.3 Å². The number of carbonyl (C=O) groups excluding carboxylic acids is 1. The minimum atomic E-state index is -0.0690. The molecular formula is C24H21ClN4O2S. The number of thioether (sulfide) groups is 1. The Labute approximate surface area is 195 Å². The summed E-state index contributed by atoms with van der Waals surface area (Å²) in [4.78, 5) is 12.4. The molecule has 6 nitrogen and oxygen atoms in total. The number of para-hydroxylation sites is 1. The smallest absolute Gasteiger partial charge is 0.230 e. The quantitative estimate of drug-likeness (QED) is 0.356. The molecular weight excluding hydrogens is 444 g/mol. The first kappa shape index (κ1) is 21.9. The van der Waals surface area contributed by atoms with Gasteiger partial charge >= 0.3 is 0 Å². The number of carbonyl (C=O) groups is 1. The van der Waals surface area contributed by atoms with Crippen LogP contribution in [0.1, 0.15) is 11.4 Å². The number of rotatable bonds is 9. The molecule has 0 aliphatic carbocycles. The average Bonchev–Trinajstić information content (AvgIpc) is 3.25. The van der Waals surface area contributed by atoms with Gasteiger partial charge in [0.25, 0.3) is 0 Å². The van der Waals surface area contributed by atoms with Gasteiger partial charge in [-0.2, -0.15) is 0 Å². The maximum atomic E-state index is 12.4. The minimum absolute atomic E-state index is 0.0690. The van der Waals surface area contributed by atoms with Gasteiger partial charge in [0.15, 0.2) is 11.0 Å². The van der Waals surface area contributed by atoms with E-state index in [4.69, 9.17) is 16.3 Å². The third kappa shape index (κ3) is 5.90. The number of aromatic nitrogens is 3. The van der Waals surface area contributed by atoms with Gasteiger partial charge in [0, 0.05) is 17.3 Å². The molecule has 32 heavy (non-hydrogen) atoms. The summed E-state index contributed by atoms with van der Waals surface area (Å²) in [6.45, 7) is 0.718. The maximum absolute atomic E-state index is 12.4. The molecule has 0 spiro atoms. The number of hydrogen-bond donors (Lipinski definition) is 1. The molecule has 0 atom stereocenters. The van der Waals surface area contributed by atoms with Crippen molar-refractivity contribution in [3.63, 3.8) is 0 Å². The van der Waals surface area contributed by atoms with Crippen LogP contribution in [0.25, 0.3) is 5.69 Å². The Morgan fingerprint density at radius 1 is 0.938 bits per heavy atom. The molecule has 1 N–H and O–H groups in total. The highest BCUT2D eigenvalue weighted by Gasteiger charge is 2.16. The first-order valence-electron chi connectivity index (χ1n) is 10.0. The molecule has 0 aliphatic rings. The fraction of sp³-hybridized carbons (Fsp3) is 0.125. The van der Waals surface area contributed by atoms with E-state index in [9.17, 15) is 4.79 Å². The molecule has 0 saturated heterocycles. The summed E-state index contributed by atoms with van der Waals surface area (Å²) in [7, 11) is 0. The summed E-state index contributed by atoms with van der Waals surface area (Å²) in [5, 5.41) is 12.8. The Morgan fingerprint density at radius 3 is 2.34 bits per heavy atom. The lowest BCUT2D eigenvalue weighted by Crippen LogP contribution is -2.24. The third-order valence-corrected chi connectivity index (χ3v) is 5.74. The molecule has 0 radical (unpaired) electrons. The molecule has 4 aromatic rings. The zero-order valence-electron chi connectivity index (χ0n) is 17.1. The van der Waals surface area contributed by atoms with Crippen LogP contribution in [0.3, 0.4) is 0 Å². The van der Waals surface area contributed by atoms with Crippen molar-refractivity contribution < 1.29 is 9.53 Å². The normalized spacial score (nSPS) is 10.7. The summed E-state index contributed by atoms with van der Waals surface area (Å²) in [5.74, 6) is 1.49. The number of amides is 1. The highest BCUT2D eigenvalue weighted by atomic mass is 35.5. The lowest BCUT2D eigenvalue weighted by atomic mass is 10.2. The van der Waals surface area contributed by atoms with Gasteiger partial charge in [-0.3, -0.25) is 9.36 Å². The number of nitrogens with one attached hydrogen (secondary N) is 1. The second-order valence-electron chi connectivity index (χ2n) is 6.86. The van der Waals surface area contributed by atoms with Crippen LogP contribution in [-0.4, -0.2) is 26.4 Å². The van der Waals surface area contributed by atoms with Crippen molar-refractivity contribution in [2.75, 3.05) is 5.75 Å². The van der Waals surface area contributed by atoms with E-state index in [1.165, 1.54) is 11.8 Å². The summed E-state index contributed by atoms with van der Waals surface area (Å²) in [5.41, 5.74) is 1.96. The monoisotopic (exact) mass is 464 g/mol. The number of ether oxygens (including phenoxy) is 1. The molecule has 162 valence electrons. The molecule has 4 rings (SSSR count). The van der Waals surface area contributed by atoms with Gasteiger partial charge < -0.3 is 10.1 Å². The van der Waals surface area contributed by atoms with Crippen molar-refractivity contribution in [1.82, 2.24) is 20.1 Å². The van der Waals surface area contributed by atoms with Crippen LogP contribution in [-0.2, 0) is 17.9 Å². The van der Waals surface area contributed by atoms with E-state index in [1.54, 1.807) is 24.3 Å². The van der Waals surface area contributed by atoms with Crippen LogP contribution in [0.4, 0.5) is 0 Å². The van der Waals surface area contributed by atoms with Crippen LogP contribution in [0.15, 0.2) is 90.1 Å². The Morgan fingerprint density at radius 2 is 1.62 bits per heavy atom. The molecule has 0 bridgehead atoms. The van der Waals surface area contributed by atoms with Gasteiger partial charge in [0.2, 0.25) is 5.91 Å². The predicted molar refractivity (Wildman–Crippen MR) is 126 cm³/mol. The topological polar surface area (TPSA) is 69.0 Å². The lowest BCUT2D eigenvalue weighted by Gasteiger charge is -2.11. The molecule has 1 aromatic heterocycles. The molecule has 1 heterocycles. The summed E-state index contributed by atoms with van der Waals surface area (Å²) >= 11 is 7.27. The molecule has 3 aromatic carbocycles. The van der Waals surface area contributed by atoms with E-state index in [1.807, 2.05) is 65.2 Å². The molecule has 8 heteroatoms. The maximum Gasteiger partial charge on any atom is 0.230 e. The summed E-state index contributed by atoms with van der Waals surface area (Å²) < 4.78 is 7.77. The van der Waals surface area contributed by atoms with Crippen LogP contribution in [0, 0.1) is 0 Å². The summed E-state index contributed by atoms with van der Waals surface area (Å²) in [6, 6.07) is 26.7. The van der Waals surface area contributed by atoms with E-state index >= 15 is 0 Å². The Hall–Kier alpha value is -3.29. The van der Waals surface area contributed by atoms with E-state index < -0.39 is 0 Å². The second-order valence-corrected chi connectivity index (χ2v) is 8.24. The van der Waals surface area contributed by atoms with E-state index in [-0.39, 0.29) is 18.3 Å². The van der Waals surface area contributed by atoms with Crippen molar-refractivity contribution in [3.05, 3.63) is 101 Å². The second kappa shape index (κ2) is 10.8. The van der Waals surface area contributed by atoms with E-state index in [0.29, 0.717) is 28.3 Å². The number of benzene rings is 3. The number of hydrogen-bond acceptors (Lipinski definition) is 5. The predicted octanol–water partition coefficient (Wildman–Crippen LogP) is 4.91. The molecule has 0 unspecified atom stereocenters. The highest BCUT2D eigenvalue weighted by Crippen LogP contribution is 2.23. The fourth-order valence-electron chi connectivity index (χ4n) is 2.98. The standard InChI is InChI=1S/C24H21ClN4O2S/c25-19-11-13-21(14-12-19)31-16-22-27-28-24(29(22)20-9-5-2-6-10-20)32-17-23(30)26-15-18-7-3-1-4-8-18/h1-14H,15-17H2,(H,26,30). The fourth-order valence-corrected chi connectivity index (χ4v) is 3.91. The molecule has 0 aliphatic heterocycles. The minimum Gasteiger partial charge on any atom is -0.486 e. The van der Waals surface area contributed by atoms with Gasteiger partial charge in [-0.15, -0.1) is 10.2 Å². The van der Waals surface area contributed by atoms with Crippen molar-refractivity contribution in [2.45, 2.75) is 18.3 Å². The van der Waals surface area contributed by atoms with E-state index in [2.05, 4.69) is 15.5 Å². The summed E-state index contributed by atoms with van der Waals surface area (Å²) in [6.07, 6.45) is 0. The zero-order valence-corrected chi connectivity index (χ0v) is 18.7. The van der Waals surface area contributed by atoms with Crippen molar-refractivity contribution in [1.29, 1.82) is 0 Å². The Bertz CT molecular complexity index is 1150. The third-order valence-electron chi connectivity index (χ3n) is 4.56. The zero-order chi connectivity index (χ0) is 22.2. The SMILES string of the molecule is O=C(CSc1nnc(COc2ccc(Cl)cc2)n1-c1ccccc1)NCc1ccccc1. The first-order valence-corrected chi connectivity index (χ1v) is 11.4. The first-order chi connectivity index (χ1) is 15.7.